The molecular formula is C24H26N4O2. The largest absolute Gasteiger partial charge is 0.465 e. The Morgan fingerprint density at radius 1 is 1.10 bits per heavy atom. The monoisotopic (exact) mass is 402 g/mol. The minimum atomic E-state index is -0.294. The summed E-state index contributed by atoms with van der Waals surface area (Å²) in [5, 5.41) is 3.36. The number of carbonyl (C=O) groups excluding carboxylic acids is 1. The molecule has 6 nitrogen and oxygen atoms in total. The fourth-order valence-electron chi connectivity index (χ4n) is 3.68. The van der Waals surface area contributed by atoms with Gasteiger partial charge < -0.3 is 15.0 Å². The van der Waals surface area contributed by atoms with E-state index in [2.05, 4.69) is 40.3 Å². The molecule has 1 aliphatic rings. The minimum Gasteiger partial charge on any atom is -0.465 e. The van der Waals surface area contributed by atoms with E-state index in [9.17, 15) is 4.79 Å². The van der Waals surface area contributed by atoms with Crippen molar-refractivity contribution in [3.8, 4) is 0 Å². The topological polar surface area (TPSA) is 67.4 Å². The summed E-state index contributed by atoms with van der Waals surface area (Å²) >= 11 is 0. The predicted molar refractivity (Wildman–Crippen MR) is 118 cm³/mol. The van der Waals surface area contributed by atoms with E-state index < -0.39 is 0 Å². The Hall–Kier alpha value is -3.41. The predicted octanol–water partition coefficient (Wildman–Crippen LogP) is 4.00. The van der Waals surface area contributed by atoms with E-state index in [0.29, 0.717) is 18.1 Å². The highest BCUT2D eigenvalue weighted by atomic mass is 16.5. The number of hydrogen-bond acceptors (Lipinski definition) is 6. The van der Waals surface area contributed by atoms with Gasteiger partial charge >= 0.3 is 5.97 Å². The van der Waals surface area contributed by atoms with Gasteiger partial charge in [0.05, 0.1) is 12.7 Å². The van der Waals surface area contributed by atoms with Crippen molar-refractivity contribution in [1.82, 2.24) is 9.97 Å². The summed E-state index contributed by atoms with van der Waals surface area (Å²) in [4.78, 5) is 23.5. The van der Waals surface area contributed by atoms with Gasteiger partial charge in [0.25, 0.3) is 0 Å². The summed E-state index contributed by atoms with van der Waals surface area (Å²) < 4.78 is 4.84. The molecular weight excluding hydrogens is 376 g/mol. The Morgan fingerprint density at radius 3 is 2.70 bits per heavy atom. The van der Waals surface area contributed by atoms with Crippen LogP contribution in [0.2, 0.25) is 0 Å². The molecule has 0 saturated heterocycles. The molecule has 1 aliphatic heterocycles. The minimum absolute atomic E-state index is 0.294. The molecule has 30 heavy (non-hydrogen) atoms. The third-order valence-electron chi connectivity index (χ3n) is 5.38. The Morgan fingerprint density at radius 2 is 1.93 bits per heavy atom. The summed E-state index contributed by atoms with van der Waals surface area (Å²) in [6.07, 6.45) is 1.71. The Bertz CT molecular complexity index is 1040. The molecule has 0 atom stereocenters. The van der Waals surface area contributed by atoms with Crippen molar-refractivity contribution in [2.75, 3.05) is 23.9 Å². The molecule has 0 radical (unpaired) electrons. The summed E-state index contributed by atoms with van der Waals surface area (Å²) in [5.41, 5.74) is 5.22. The highest BCUT2D eigenvalue weighted by molar-refractivity contribution is 5.89. The molecule has 154 valence electrons. The van der Waals surface area contributed by atoms with Crippen LogP contribution in [0.25, 0.3) is 0 Å². The van der Waals surface area contributed by atoms with Crippen molar-refractivity contribution in [2.24, 2.45) is 0 Å². The zero-order chi connectivity index (χ0) is 20.9. The van der Waals surface area contributed by atoms with Crippen molar-refractivity contribution in [3.63, 3.8) is 0 Å². The third kappa shape index (κ3) is 4.43. The van der Waals surface area contributed by atoms with Gasteiger partial charge in [-0.15, -0.1) is 0 Å². The molecule has 2 aromatic carbocycles. The van der Waals surface area contributed by atoms with E-state index in [4.69, 9.17) is 9.72 Å². The highest BCUT2D eigenvalue weighted by Crippen LogP contribution is 2.26. The number of rotatable bonds is 6. The molecule has 4 rings (SSSR count). The fraction of sp³-hybridized carbons (Fsp3) is 0.292. The number of carbonyl (C=O) groups is 1. The number of hydrogen-bond donors (Lipinski definition) is 1. The van der Waals surface area contributed by atoms with Crippen LogP contribution < -0.4 is 10.2 Å². The number of ether oxygens (including phenoxy) is 1. The third-order valence-corrected chi connectivity index (χ3v) is 5.38. The number of fused-ring (bicyclic) bond motifs is 1. The van der Waals surface area contributed by atoms with Gasteiger partial charge in [0.15, 0.2) is 0 Å². The van der Waals surface area contributed by atoms with Crippen LogP contribution in [0, 0.1) is 0 Å². The van der Waals surface area contributed by atoms with E-state index in [1.54, 1.807) is 0 Å². The second kappa shape index (κ2) is 8.95. The molecule has 1 N–H and O–H groups in total. The lowest BCUT2D eigenvalue weighted by Gasteiger charge is -2.30. The highest BCUT2D eigenvalue weighted by Gasteiger charge is 2.20. The molecule has 0 unspecified atom stereocenters. The van der Waals surface area contributed by atoms with Gasteiger partial charge in [-0.1, -0.05) is 43.3 Å². The van der Waals surface area contributed by atoms with Gasteiger partial charge in [0.2, 0.25) is 5.95 Å². The van der Waals surface area contributed by atoms with E-state index >= 15 is 0 Å². The summed E-state index contributed by atoms with van der Waals surface area (Å²) in [6.45, 7) is 4.39. The first kappa shape index (κ1) is 19.9. The lowest BCUT2D eigenvalue weighted by atomic mass is 9.97. The summed E-state index contributed by atoms with van der Waals surface area (Å²) in [5.74, 6) is 1.29. The Labute approximate surface area is 176 Å². The number of aryl methyl sites for hydroxylation is 1. The normalized spacial score (nSPS) is 12.9. The van der Waals surface area contributed by atoms with Gasteiger partial charge in [0.1, 0.15) is 5.82 Å². The maximum absolute atomic E-state index is 11.8. The van der Waals surface area contributed by atoms with Crippen LogP contribution in [0.5, 0.6) is 0 Å². The molecule has 0 spiro atoms. The SMILES string of the molecule is CCc1cc(N2CCc3cc(C(=O)OC)ccc3C2)nc(NCc2ccccc2)n1. The Kier molecular flexibility index (Phi) is 5.93. The molecule has 0 bridgehead atoms. The molecule has 0 amide bonds. The van der Waals surface area contributed by atoms with Crippen molar-refractivity contribution in [1.29, 1.82) is 0 Å². The number of nitrogens with zero attached hydrogens (tertiary/aromatic N) is 3. The van der Waals surface area contributed by atoms with Crippen LogP contribution >= 0.6 is 0 Å². The molecule has 0 fully saturated rings. The standard InChI is InChI=1S/C24H26N4O2/c1-3-21-14-22(27-24(26-21)25-15-17-7-5-4-6-8-17)28-12-11-18-13-19(23(29)30-2)9-10-20(18)16-28/h4-10,13-14H,3,11-12,15-16H2,1-2H3,(H,25,26,27). The number of benzene rings is 2. The van der Waals surface area contributed by atoms with E-state index in [0.717, 1.165) is 37.4 Å². The summed E-state index contributed by atoms with van der Waals surface area (Å²) in [6, 6.07) is 18.1. The van der Waals surface area contributed by atoms with E-state index in [-0.39, 0.29) is 5.97 Å². The van der Waals surface area contributed by atoms with Gasteiger partial charge in [-0.25, -0.2) is 9.78 Å². The average molecular weight is 402 g/mol. The molecule has 3 aromatic rings. The molecule has 0 aliphatic carbocycles. The van der Waals surface area contributed by atoms with Crippen LogP contribution in [0.4, 0.5) is 11.8 Å². The van der Waals surface area contributed by atoms with Crippen molar-refractivity contribution >= 4 is 17.7 Å². The van der Waals surface area contributed by atoms with Crippen LogP contribution in [0.15, 0.2) is 54.6 Å². The molecule has 0 saturated carbocycles. The second-order valence-electron chi connectivity index (χ2n) is 7.38. The van der Waals surface area contributed by atoms with Gasteiger partial charge in [-0.05, 0) is 41.7 Å². The van der Waals surface area contributed by atoms with Gasteiger partial charge in [0, 0.05) is 31.4 Å². The van der Waals surface area contributed by atoms with Crippen LogP contribution in [0.1, 0.15) is 39.7 Å². The fourth-order valence-corrected chi connectivity index (χ4v) is 3.68. The molecule has 6 heteroatoms. The maximum atomic E-state index is 11.8. The Balaban J connectivity index is 1.53. The zero-order valence-corrected chi connectivity index (χ0v) is 17.4. The van der Waals surface area contributed by atoms with Crippen LogP contribution in [0.3, 0.4) is 0 Å². The molecule has 1 aromatic heterocycles. The zero-order valence-electron chi connectivity index (χ0n) is 17.4. The first-order chi connectivity index (χ1) is 14.7. The number of esters is 1. The second-order valence-corrected chi connectivity index (χ2v) is 7.38. The average Bonchev–Trinajstić information content (AvgIpc) is 2.82. The first-order valence-electron chi connectivity index (χ1n) is 10.3. The number of nitrogens with one attached hydrogen (secondary N) is 1. The van der Waals surface area contributed by atoms with Crippen LogP contribution in [-0.2, 0) is 30.7 Å². The van der Waals surface area contributed by atoms with Crippen molar-refractivity contribution in [3.05, 3.63) is 82.5 Å². The van der Waals surface area contributed by atoms with E-state index in [1.165, 1.54) is 23.8 Å². The number of methoxy groups -OCH3 is 1. The van der Waals surface area contributed by atoms with Crippen LogP contribution in [-0.4, -0.2) is 29.6 Å². The summed E-state index contributed by atoms with van der Waals surface area (Å²) in [7, 11) is 1.41. The van der Waals surface area contributed by atoms with Crippen molar-refractivity contribution < 1.29 is 9.53 Å². The van der Waals surface area contributed by atoms with Gasteiger partial charge in [-0.2, -0.15) is 4.98 Å². The number of anilines is 2. The smallest absolute Gasteiger partial charge is 0.337 e. The molecule has 2 heterocycles. The van der Waals surface area contributed by atoms with E-state index in [1.807, 2.05) is 36.4 Å². The maximum Gasteiger partial charge on any atom is 0.337 e. The van der Waals surface area contributed by atoms with Gasteiger partial charge in [-0.3, -0.25) is 0 Å². The van der Waals surface area contributed by atoms with Crippen molar-refractivity contribution in [2.45, 2.75) is 32.9 Å². The quantitative estimate of drug-likeness (QED) is 0.629. The number of aromatic nitrogens is 2. The first-order valence-corrected chi connectivity index (χ1v) is 10.3. The lowest BCUT2D eigenvalue weighted by molar-refractivity contribution is 0.0600. The lowest BCUT2D eigenvalue weighted by Crippen LogP contribution is -2.31.